The van der Waals surface area contributed by atoms with Crippen molar-refractivity contribution in [2.45, 2.75) is 17.4 Å². The summed E-state index contributed by atoms with van der Waals surface area (Å²) in [6.07, 6.45) is -5.11. The van der Waals surface area contributed by atoms with E-state index in [-0.39, 0.29) is 15.1 Å². The third-order valence-electron chi connectivity index (χ3n) is 2.08. The molecule has 0 saturated heterocycles. The minimum Gasteiger partial charge on any atom is -0.398 e. The van der Waals surface area contributed by atoms with Crippen LogP contribution in [0, 0.1) is 0 Å². The molecule has 0 aliphatic rings. The van der Waals surface area contributed by atoms with Crippen LogP contribution >= 0.6 is 31.9 Å². The number of aliphatic hydroxyl groups is 1. The standard InChI is InChI=1S/C9H10Br2F2N2O3S/c10-4-1-5(11)8(6(14)2-4)19(17,18)15-3-7(16)9(12)13/h1-2,7,9,15-16H,3,14H2. The summed E-state index contributed by atoms with van der Waals surface area (Å²) < 4.78 is 50.6. The molecule has 1 rings (SSSR count). The second kappa shape index (κ2) is 6.44. The van der Waals surface area contributed by atoms with Gasteiger partial charge >= 0.3 is 0 Å². The second-order valence-corrected chi connectivity index (χ2v) is 7.03. The van der Waals surface area contributed by atoms with Crippen LogP contribution in [0.25, 0.3) is 0 Å². The molecule has 1 aromatic carbocycles. The van der Waals surface area contributed by atoms with Crippen molar-refractivity contribution in [1.82, 2.24) is 4.72 Å². The van der Waals surface area contributed by atoms with Crippen LogP contribution in [0.1, 0.15) is 0 Å². The maximum Gasteiger partial charge on any atom is 0.265 e. The Labute approximate surface area is 125 Å². The van der Waals surface area contributed by atoms with Crippen LogP contribution in [0.2, 0.25) is 0 Å². The summed E-state index contributed by atoms with van der Waals surface area (Å²) in [5.74, 6) is 0. The molecule has 4 N–H and O–H groups in total. The number of alkyl halides is 2. The molecule has 0 radical (unpaired) electrons. The van der Waals surface area contributed by atoms with Gasteiger partial charge in [0.05, 0.1) is 5.69 Å². The first-order valence-corrected chi connectivity index (χ1v) is 7.92. The van der Waals surface area contributed by atoms with E-state index in [0.717, 1.165) is 0 Å². The van der Waals surface area contributed by atoms with Crippen LogP contribution in [-0.4, -0.2) is 32.6 Å². The highest BCUT2D eigenvalue weighted by molar-refractivity contribution is 9.11. The highest BCUT2D eigenvalue weighted by Gasteiger charge is 2.24. The average molecular weight is 424 g/mol. The SMILES string of the molecule is Nc1cc(Br)cc(Br)c1S(=O)(=O)NCC(O)C(F)F. The number of aliphatic hydroxyl groups excluding tert-OH is 1. The van der Waals surface area contributed by atoms with Crippen LogP contribution in [-0.2, 0) is 10.0 Å². The fourth-order valence-corrected chi connectivity index (χ4v) is 4.34. The van der Waals surface area contributed by atoms with Gasteiger partial charge < -0.3 is 10.8 Å². The summed E-state index contributed by atoms with van der Waals surface area (Å²) in [5, 5.41) is 8.89. The van der Waals surface area contributed by atoms with Crippen molar-refractivity contribution >= 4 is 47.6 Å². The molecule has 0 aromatic heterocycles. The third-order valence-corrected chi connectivity index (χ3v) is 4.96. The predicted molar refractivity (Wildman–Crippen MR) is 73.5 cm³/mol. The molecule has 0 fully saturated rings. The summed E-state index contributed by atoms with van der Waals surface area (Å²) in [6, 6.07) is 2.82. The minimum atomic E-state index is -4.10. The number of nitrogens with two attached hydrogens (primary N) is 1. The topological polar surface area (TPSA) is 92.4 Å². The smallest absolute Gasteiger partial charge is 0.265 e. The van der Waals surface area contributed by atoms with Crippen LogP contribution in [0.4, 0.5) is 14.5 Å². The first-order valence-electron chi connectivity index (χ1n) is 4.85. The monoisotopic (exact) mass is 422 g/mol. The van der Waals surface area contributed by atoms with Gasteiger partial charge in [0.2, 0.25) is 10.0 Å². The van der Waals surface area contributed by atoms with E-state index in [1.165, 1.54) is 12.1 Å². The second-order valence-electron chi connectivity index (χ2n) is 3.56. The Morgan fingerprint density at radius 2 is 1.95 bits per heavy atom. The summed E-state index contributed by atoms with van der Waals surface area (Å²) >= 11 is 6.16. The molecule has 19 heavy (non-hydrogen) atoms. The molecule has 1 unspecified atom stereocenters. The molecule has 10 heteroatoms. The number of sulfonamides is 1. The Kier molecular flexibility index (Phi) is 5.68. The van der Waals surface area contributed by atoms with E-state index in [4.69, 9.17) is 10.8 Å². The molecule has 1 atom stereocenters. The lowest BCUT2D eigenvalue weighted by Gasteiger charge is -2.14. The molecule has 0 saturated carbocycles. The largest absolute Gasteiger partial charge is 0.398 e. The van der Waals surface area contributed by atoms with E-state index in [9.17, 15) is 17.2 Å². The van der Waals surface area contributed by atoms with Crippen LogP contribution in [0.3, 0.4) is 0 Å². The van der Waals surface area contributed by atoms with Gasteiger partial charge in [0.1, 0.15) is 11.0 Å². The molecular weight excluding hydrogens is 414 g/mol. The summed E-state index contributed by atoms with van der Waals surface area (Å²) in [6.45, 7) is -0.804. The fourth-order valence-electron chi connectivity index (χ4n) is 1.22. The Balaban J connectivity index is 3.02. The number of halogens is 4. The zero-order valence-corrected chi connectivity index (χ0v) is 13.3. The summed E-state index contributed by atoms with van der Waals surface area (Å²) in [4.78, 5) is -0.267. The Hall–Kier alpha value is -0.290. The van der Waals surface area contributed by atoms with Crippen LogP contribution < -0.4 is 10.5 Å². The van der Waals surface area contributed by atoms with Gasteiger partial charge in [-0.15, -0.1) is 0 Å². The molecule has 108 valence electrons. The van der Waals surface area contributed by atoms with Crippen molar-refractivity contribution < 1.29 is 22.3 Å². The predicted octanol–water partition coefficient (Wildman–Crippen LogP) is 1.70. The number of benzene rings is 1. The number of hydrogen-bond acceptors (Lipinski definition) is 4. The number of hydrogen-bond donors (Lipinski definition) is 3. The van der Waals surface area contributed by atoms with Gasteiger partial charge in [0.15, 0.2) is 0 Å². The molecule has 0 aliphatic heterocycles. The first kappa shape index (κ1) is 16.8. The molecule has 0 bridgehead atoms. The molecule has 5 nitrogen and oxygen atoms in total. The Bertz CT molecular complexity index is 546. The van der Waals surface area contributed by atoms with Crippen LogP contribution in [0.5, 0.6) is 0 Å². The lowest BCUT2D eigenvalue weighted by molar-refractivity contribution is -0.000451. The number of nitrogens with one attached hydrogen (secondary N) is 1. The van der Waals surface area contributed by atoms with Crippen molar-refractivity contribution in [2.75, 3.05) is 12.3 Å². The van der Waals surface area contributed by atoms with Gasteiger partial charge in [-0.05, 0) is 28.1 Å². The molecule has 0 aliphatic carbocycles. The van der Waals surface area contributed by atoms with Gasteiger partial charge in [-0.3, -0.25) is 0 Å². The minimum absolute atomic E-state index is 0.0553. The molecular formula is C9H10Br2F2N2O3S. The van der Waals surface area contributed by atoms with E-state index in [2.05, 4.69) is 31.9 Å². The Morgan fingerprint density at radius 1 is 1.37 bits per heavy atom. The maximum absolute atomic E-state index is 12.1. The van der Waals surface area contributed by atoms with E-state index >= 15 is 0 Å². The van der Waals surface area contributed by atoms with Crippen molar-refractivity contribution in [3.63, 3.8) is 0 Å². The van der Waals surface area contributed by atoms with Crippen molar-refractivity contribution in [2.24, 2.45) is 0 Å². The molecule has 1 aromatic rings. The zero-order chi connectivity index (χ0) is 14.8. The van der Waals surface area contributed by atoms with E-state index < -0.39 is 29.1 Å². The highest BCUT2D eigenvalue weighted by Crippen LogP contribution is 2.31. The van der Waals surface area contributed by atoms with Crippen LogP contribution in [0.15, 0.2) is 26.0 Å². The van der Waals surface area contributed by atoms with Crippen molar-refractivity contribution in [1.29, 1.82) is 0 Å². The lowest BCUT2D eigenvalue weighted by atomic mass is 10.3. The normalized spacial score (nSPS) is 13.8. The van der Waals surface area contributed by atoms with E-state index in [0.29, 0.717) is 4.47 Å². The molecule has 0 spiro atoms. The molecule has 0 heterocycles. The summed E-state index contributed by atoms with van der Waals surface area (Å²) in [5.41, 5.74) is 5.53. The summed E-state index contributed by atoms with van der Waals surface area (Å²) in [7, 11) is -4.10. The van der Waals surface area contributed by atoms with E-state index in [1.54, 1.807) is 0 Å². The van der Waals surface area contributed by atoms with Gasteiger partial charge in [-0.1, -0.05) is 15.9 Å². The van der Waals surface area contributed by atoms with E-state index in [1.807, 2.05) is 4.72 Å². The van der Waals surface area contributed by atoms with Gasteiger partial charge in [0.25, 0.3) is 6.43 Å². The number of anilines is 1. The highest BCUT2D eigenvalue weighted by atomic mass is 79.9. The number of nitrogen functional groups attached to an aromatic ring is 1. The zero-order valence-electron chi connectivity index (χ0n) is 9.28. The third kappa shape index (κ3) is 4.35. The molecule has 0 amide bonds. The first-order chi connectivity index (χ1) is 8.65. The van der Waals surface area contributed by atoms with Gasteiger partial charge in [-0.2, -0.15) is 0 Å². The van der Waals surface area contributed by atoms with Gasteiger partial charge in [-0.25, -0.2) is 21.9 Å². The lowest BCUT2D eigenvalue weighted by Crippen LogP contribution is -2.36. The fraction of sp³-hybridized carbons (Fsp3) is 0.333. The van der Waals surface area contributed by atoms with Gasteiger partial charge in [0, 0.05) is 15.5 Å². The number of rotatable bonds is 5. The average Bonchev–Trinajstić information content (AvgIpc) is 2.23. The quantitative estimate of drug-likeness (QED) is 0.628. The van der Waals surface area contributed by atoms with Crippen molar-refractivity contribution in [3.05, 3.63) is 21.1 Å². The maximum atomic E-state index is 12.1. The Morgan fingerprint density at radius 3 is 2.42 bits per heavy atom. The van der Waals surface area contributed by atoms with Crippen molar-refractivity contribution in [3.8, 4) is 0 Å².